The molecule has 0 saturated carbocycles. The van der Waals surface area contributed by atoms with Crippen molar-refractivity contribution in [1.29, 1.82) is 0 Å². The van der Waals surface area contributed by atoms with Gasteiger partial charge in [0, 0.05) is 25.2 Å². The summed E-state index contributed by atoms with van der Waals surface area (Å²) in [4.78, 5) is 2.47. The Bertz CT molecular complexity index is 405. The van der Waals surface area contributed by atoms with Crippen molar-refractivity contribution in [1.82, 2.24) is 10.2 Å². The van der Waals surface area contributed by atoms with Crippen LogP contribution in [0.5, 0.6) is 5.75 Å². The van der Waals surface area contributed by atoms with Gasteiger partial charge in [0.1, 0.15) is 5.75 Å². The van der Waals surface area contributed by atoms with E-state index in [0.717, 1.165) is 26.1 Å². The lowest BCUT2D eigenvalue weighted by molar-refractivity contribution is -0.0541. The Hall–Kier alpha value is -1.10. The molecular weight excluding hydrogens is 252 g/mol. The number of nitrogens with zero attached hydrogens (tertiary/aromatic N) is 1. The summed E-state index contributed by atoms with van der Waals surface area (Å²) >= 11 is 0. The van der Waals surface area contributed by atoms with E-state index in [1.54, 1.807) is 12.1 Å². The monoisotopic (exact) mass is 278 g/mol. The predicted octanol–water partition coefficient (Wildman–Crippen LogP) is 1.63. The zero-order chi connectivity index (χ0) is 14.5. The third-order valence-electron chi connectivity index (χ3n) is 4.07. The highest BCUT2D eigenvalue weighted by molar-refractivity contribution is 5.26. The van der Waals surface area contributed by atoms with E-state index < -0.39 is 0 Å². The average molecular weight is 278 g/mol. The molecule has 0 aromatic heterocycles. The molecule has 0 radical (unpaired) electrons. The van der Waals surface area contributed by atoms with E-state index in [2.05, 4.69) is 24.1 Å². The molecule has 0 amide bonds. The number of phenols is 1. The molecule has 1 saturated heterocycles. The van der Waals surface area contributed by atoms with E-state index in [4.69, 9.17) is 4.74 Å². The fraction of sp³-hybridized carbons (Fsp3) is 0.625. The Morgan fingerprint density at radius 2 is 2.05 bits per heavy atom. The first kappa shape index (κ1) is 15.3. The number of rotatable bonds is 5. The molecule has 2 atom stereocenters. The number of likely N-dealkylation sites (N-methyl/N-ethyl adjacent to an activating group) is 1. The second-order valence-corrected chi connectivity index (χ2v) is 5.76. The van der Waals surface area contributed by atoms with E-state index in [1.807, 2.05) is 19.2 Å². The quantitative estimate of drug-likeness (QED) is 0.859. The van der Waals surface area contributed by atoms with Crippen molar-refractivity contribution in [2.24, 2.45) is 0 Å². The summed E-state index contributed by atoms with van der Waals surface area (Å²) in [5.41, 5.74) is 1.22. The molecule has 2 unspecified atom stereocenters. The third kappa shape index (κ3) is 3.95. The average Bonchev–Trinajstić information content (AvgIpc) is 2.46. The minimum Gasteiger partial charge on any atom is -0.508 e. The number of hydrogen-bond acceptors (Lipinski definition) is 4. The van der Waals surface area contributed by atoms with Gasteiger partial charge in [0.25, 0.3) is 0 Å². The van der Waals surface area contributed by atoms with Gasteiger partial charge in [-0.3, -0.25) is 4.90 Å². The molecule has 2 rings (SSSR count). The van der Waals surface area contributed by atoms with E-state index >= 15 is 0 Å². The Morgan fingerprint density at radius 1 is 1.35 bits per heavy atom. The third-order valence-corrected chi connectivity index (χ3v) is 4.07. The van der Waals surface area contributed by atoms with Gasteiger partial charge in [-0.2, -0.15) is 0 Å². The van der Waals surface area contributed by atoms with E-state index in [-0.39, 0.29) is 6.10 Å². The molecule has 112 valence electrons. The molecule has 4 nitrogen and oxygen atoms in total. The summed E-state index contributed by atoms with van der Waals surface area (Å²) < 4.78 is 5.95. The SMILES string of the molecule is CNC(Cc1ccc(O)cc1)C1CN(C(C)C)CCO1. The van der Waals surface area contributed by atoms with Crippen molar-refractivity contribution >= 4 is 0 Å². The first-order chi connectivity index (χ1) is 9.60. The Kier molecular flexibility index (Phi) is 5.40. The Labute approximate surface area is 121 Å². The molecule has 0 spiro atoms. The van der Waals surface area contributed by atoms with Crippen LogP contribution in [0.3, 0.4) is 0 Å². The summed E-state index contributed by atoms with van der Waals surface area (Å²) in [6.45, 7) is 7.26. The van der Waals surface area contributed by atoms with E-state index in [9.17, 15) is 5.11 Å². The fourth-order valence-corrected chi connectivity index (χ4v) is 2.71. The van der Waals surface area contributed by atoms with Gasteiger partial charge >= 0.3 is 0 Å². The molecule has 1 aliphatic heterocycles. The number of phenolic OH excluding ortho intramolecular Hbond substituents is 1. The van der Waals surface area contributed by atoms with Gasteiger partial charge < -0.3 is 15.2 Å². The molecule has 4 heteroatoms. The largest absolute Gasteiger partial charge is 0.508 e. The molecule has 1 aromatic rings. The Morgan fingerprint density at radius 3 is 2.65 bits per heavy atom. The smallest absolute Gasteiger partial charge is 0.115 e. The molecule has 20 heavy (non-hydrogen) atoms. The highest BCUT2D eigenvalue weighted by Crippen LogP contribution is 2.17. The van der Waals surface area contributed by atoms with Crippen molar-refractivity contribution in [3.05, 3.63) is 29.8 Å². The second-order valence-electron chi connectivity index (χ2n) is 5.76. The fourth-order valence-electron chi connectivity index (χ4n) is 2.71. The minimum absolute atomic E-state index is 0.213. The lowest BCUT2D eigenvalue weighted by atomic mass is 9.99. The molecule has 1 aromatic carbocycles. The molecule has 0 bridgehead atoms. The van der Waals surface area contributed by atoms with Crippen molar-refractivity contribution in [2.45, 2.75) is 38.5 Å². The summed E-state index contributed by atoms with van der Waals surface area (Å²) in [5.74, 6) is 0.314. The van der Waals surface area contributed by atoms with E-state index in [1.165, 1.54) is 5.56 Å². The molecule has 1 fully saturated rings. The highest BCUT2D eigenvalue weighted by Gasteiger charge is 2.28. The van der Waals surface area contributed by atoms with Crippen LogP contribution < -0.4 is 5.32 Å². The summed E-state index contributed by atoms with van der Waals surface area (Å²) in [6, 6.07) is 8.29. The van der Waals surface area contributed by atoms with Crippen molar-refractivity contribution in [2.75, 3.05) is 26.7 Å². The number of morpholine rings is 1. The topological polar surface area (TPSA) is 44.7 Å². The van der Waals surface area contributed by atoms with Crippen LogP contribution in [0.25, 0.3) is 0 Å². The van der Waals surface area contributed by atoms with Gasteiger partial charge in [-0.15, -0.1) is 0 Å². The van der Waals surface area contributed by atoms with E-state index in [0.29, 0.717) is 17.8 Å². The number of nitrogens with one attached hydrogen (secondary N) is 1. The summed E-state index contributed by atoms with van der Waals surface area (Å²) in [7, 11) is 1.99. The van der Waals surface area contributed by atoms with Crippen LogP contribution in [0.15, 0.2) is 24.3 Å². The van der Waals surface area contributed by atoms with Crippen molar-refractivity contribution in [3.63, 3.8) is 0 Å². The van der Waals surface area contributed by atoms with Crippen LogP contribution in [-0.4, -0.2) is 54.9 Å². The zero-order valence-electron chi connectivity index (χ0n) is 12.7. The van der Waals surface area contributed by atoms with Crippen LogP contribution >= 0.6 is 0 Å². The first-order valence-corrected chi connectivity index (χ1v) is 7.41. The molecule has 1 heterocycles. The molecule has 1 aliphatic rings. The standard InChI is InChI=1S/C16H26N2O2/c1-12(2)18-8-9-20-16(11-18)15(17-3)10-13-4-6-14(19)7-5-13/h4-7,12,15-17,19H,8-11H2,1-3H3. The van der Waals surface area contributed by atoms with Crippen molar-refractivity contribution < 1.29 is 9.84 Å². The van der Waals surface area contributed by atoms with Crippen LogP contribution in [0, 0.1) is 0 Å². The summed E-state index contributed by atoms with van der Waals surface area (Å²) in [5, 5.41) is 12.7. The lowest BCUT2D eigenvalue weighted by Gasteiger charge is -2.39. The maximum absolute atomic E-state index is 9.35. The first-order valence-electron chi connectivity index (χ1n) is 7.41. The number of aromatic hydroxyl groups is 1. The molecule has 2 N–H and O–H groups in total. The van der Waals surface area contributed by atoms with Gasteiger partial charge in [-0.1, -0.05) is 12.1 Å². The van der Waals surface area contributed by atoms with Crippen LogP contribution in [-0.2, 0) is 11.2 Å². The lowest BCUT2D eigenvalue weighted by Crippen LogP contribution is -2.53. The predicted molar refractivity (Wildman–Crippen MR) is 81.1 cm³/mol. The Balaban J connectivity index is 1.98. The van der Waals surface area contributed by atoms with Gasteiger partial charge in [0.15, 0.2) is 0 Å². The van der Waals surface area contributed by atoms with Gasteiger partial charge in [-0.05, 0) is 45.0 Å². The number of ether oxygens (including phenoxy) is 1. The van der Waals surface area contributed by atoms with Gasteiger partial charge in [-0.25, -0.2) is 0 Å². The second kappa shape index (κ2) is 7.07. The maximum Gasteiger partial charge on any atom is 0.115 e. The number of hydrogen-bond donors (Lipinski definition) is 2. The number of benzene rings is 1. The normalized spacial score (nSPS) is 22.1. The van der Waals surface area contributed by atoms with Crippen molar-refractivity contribution in [3.8, 4) is 5.75 Å². The highest BCUT2D eigenvalue weighted by atomic mass is 16.5. The zero-order valence-corrected chi connectivity index (χ0v) is 12.7. The summed E-state index contributed by atoms with van der Waals surface area (Å²) in [6.07, 6.45) is 1.12. The minimum atomic E-state index is 0.213. The van der Waals surface area contributed by atoms with Gasteiger partial charge in [0.05, 0.1) is 12.7 Å². The molecular formula is C16H26N2O2. The van der Waals surface area contributed by atoms with Crippen LogP contribution in [0.1, 0.15) is 19.4 Å². The van der Waals surface area contributed by atoms with Gasteiger partial charge in [0.2, 0.25) is 0 Å². The van der Waals surface area contributed by atoms with Crippen LogP contribution in [0.4, 0.5) is 0 Å². The van der Waals surface area contributed by atoms with Crippen LogP contribution in [0.2, 0.25) is 0 Å². The molecule has 0 aliphatic carbocycles. The maximum atomic E-state index is 9.35.